The number of fused-ring (bicyclic) bond motifs is 1. The zero-order chi connectivity index (χ0) is 25.8. The van der Waals surface area contributed by atoms with Gasteiger partial charge < -0.3 is 10.1 Å². The van der Waals surface area contributed by atoms with Gasteiger partial charge in [-0.15, -0.1) is 0 Å². The fourth-order valence-corrected chi connectivity index (χ4v) is 5.31. The van der Waals surface area contributed by atoms with Crippen molar-refractivity contribution in [2.45, 2.75) is 44.1 Å². The Balaban J connectivity index is 1.41. The number of nitrogens with zero attached hydrogens (tertiary/aromatic N) is 6. The standard InChI is InChI=1S/C26H24F3N7O/c1-30-25(14-24(15-25)8-9-24)36-13-18(11-33-36)22-21-20(7-10-31-23(21)32-16-26(27,28)29)35(34-22)12-17-3-5-19(37-2)6-4-17/h3-7,10-11,13H,8-9,12,14-16H2,2H3,(H,31,32). The van der Waals surface area contributed by atoms with Gasteiger partial charge in [-0.25, -0.2) is 11.6 Å². The number of methoxy groups -OCH3 is 1. The summed E-state index contributed by atoms with van der Waals surface area (Å²) in [5.74, 6) is 0.821. The minimum Gasteiger partial charge on any atom is -0.497 e. The molecule has 2 aliphatic rings. The van der Waals surface area contributed by atoms with Gasteiger partial charge in [0.2, 0.25) is 0 Å². The Morgan fingerprint density at radius 1 is 1.16 bits per heavy atom. The predicted octanol–water partition coefficient (Wildman–Crippen LogP) is 5.47. The molecular formula is C26H24F3N7O. The summed E-state index contributed by atoms with van der Waals surface area (Å²) in [6, 6.07) is 9.26. The first kappa shape index (κ1) is 23.3. The van der Waals surface area contributed by atoms with Gasteiger partial charge in [0.05, 0.1) is 43.6 Å². The highest BCUT2D eigenvalue weighted by Crippen LogP contribution is 2.67. The van der Waals surface area contributed by atoms with Crippen molar-refractivity contribution >= 4 is 16.7 Å². The molecule has 0 aliphatic heterocycles. The molecule has 3 heterocycles. The Kier molecular flexibility index (Phi) is 5.19. The van der Waals surface area contributed by atoms with Crippen molar-refractivity contribution in [3.05, 3.63) is 65.9 Å². The molecule has 0 unspecified atom stereocenters. The molecule has 0 bridgehead atoms. The minimum absolute atomic E-state index is 0.0963. The minimum atomic E-state index is -4.40. The maximum atomic E-state index is 13.0. The molecule has 37 heavy (non-hydrogen) atoms. The second-order valence-electron chi connectivity index (χ2n) is 10.00. The van der Waals surface area contributed by atoms with Crippen LogP contribution >= 0.6 is 0 Å². The van der Waals surface area contributed by atoms with E-state index in [0.29, 0.717) is 34.1 Å². The van der Waals surface area contributed by atoms with E-state index in [-0.39, 0.29) is 5.82 Å². The van der Waals surface area contributed by atoms with Crippen molar-refractivity contribution in [2.75, 3.05) is 19.0 Å². The molecular weight excluding hydrogens is 483 g/mol. The molecule has 0 amide bonds. The lowest BCUT2D eigenvalue weighted by Gasteiger charge is -2.38. The van der Waals surface area contributed by atoms with Crippen LogP contribution in [0, 0.1) is 12.0 Å². The SMILES string of the molecule is [C-]#[N+]C1(n2cc(-c3nn(Cc4ccc(OC)cc4)c4ccnc(NCC(F)(F)F)c34)cn2)CC2(CC2)C1. The molecule has 1 aromatic carbocycles. The molecule has 2 saturated carbocycles. The van der Waals surface area contributed by atoms with Crippen LogP contribution in [0.5, 0.6) is 5.75 Å². The molecule has 0 radical (unpaired) electrons. The third kappa shape index (κ3) is 4.16. The van der Waals surface area contributed by atoms with Gasteiger partial charge in [0.15, 0.2) is 0 Å². The van der Waals surface area contributed by atoms with Gasteiger partial charge >= 0.3 is 11.8 Å². The van der Waals surface area contributed by atoms with Gasteiger partial charge in [-0.3, -0.25) is 9.53 Å². The van der Waals surface area contributed by atoms with Crippen LogP contribution in [-0.2, 0) is 12.2 Å². The smallest absolute Gasteiger partial charge is 0.405 e. The fourth-order valence-electron chi connectivity index (χ4n) is 5.31. The summed E-state index contributed by atoms with van der Waals surface area (Å²) in [4.78, 5) is 8.12. The van der Waals surface area contributed by atoms with Crippen LogP contribution in [0.15, 0.2) is 48.9 Å². The number of hydrogen-bond acceptors (Lipinski definition) is 5. The number of halogens is 3. The van der Waals surface area contributed by atoms with Crippen LogP contribution in [0.4, 0.5) is 19.0 Å². The van der Waals surface area contributed by atoms with Crippen molar-refractivity contribution < 1.29 is 17.9 Å². The summed E-state index contributed by atoms with van der Waals surface area (Å²) in [5, 5.41) is 12.2. The molecule has 2 fully saturated rings. The quantitative estimate of drug-likeness (QED) is 0.336. The van der Waals surface area contributed by atoms with E-state index in [1.165, 1.54) is 6.20 Å². The normalized spacial score (nSPS) is 17.4. The van der Waals surface area contributed by atoms with Crippen LogP contribution in [0.25, 0.3) is 27.0 Å². The van der Waals surface area contributed by atoms with Crippen molar-refractivity contribution in [2.24, 2.45) is 5.41 Å². The van der Waals surface area contributed by atoms with Gasteiger partial charge in [-0.1, -0.05) is 12.1 Å². The topological polar surface area (TPSA) is 74.2 Å². The summed E-state index contributed by atoms with van der Waals surface area (Å²) in [6.07, 6.45) is 4.33. The number of anilines is 1. The first-order valence-electron chi connectivity index (χ1n) is 12.0. The van der Waals surface area contributed by atoms with Gasteiger partial charge in [-0.05, 0) is 42.0 Å². The zero-order valence-corrected chi connectivity index (χ0v) is 20.1. The zero-order valence-electron chi connectivity index (χ0n) is 20.1. The summed E-state index contributed by atoms with van der Waals surface area (Å²) >= 11 is 0. The Labute approximate surface area is 210 Å². The van der Waals surface area contributed by atoms with Crippen molar-refractivity contribution in [3.8, 4) is 17.0 Å². The molecule has 8 nitrogen and oxygen atoms in total. The summed E-state index contributed by atoms with van der Waals surface area (Å²) in [7, 11) is 1.59. The third-order valence-electron chi connectivity index (χ3n) is 7.38. The molecule has 1 spiro atoms. The number of alkyl halides is 3. The fraction of sp³-hybridized carbons (Fsp3) is 0.385. The summed E-state index contributed by atoms with van der Waals surface area (Å²) < 4.78 is 47.8. The molecule has 190 valence electrons. The summed E-state index contributed by atoms with van der Waals surface area (Å²) in [6.45, 7) is 6.99. The number of benzene rings is 1. The first-order chi connectivity index (χ1) is 17.7. The van der Waals surface area contributed by atoms with Gasteiger partial charge in [0.1, 0.15) is 23.8 Å². The average molecular weight is 508 g/mol. The van der Waals surface area contributed by atoms with Gasteiger partial charge in [0, 0.05) is 18.0 Å². The van der Waals surface area contributed by atoms with E-state index in [9.17, 15) is 13.2 Å². The van der Waals surface area contributed by atoms with Gasteiger partial charge in [-0.2, -0.15) is 28.1 Å². The Hall–Kier alpha value is -4.07. The van der Waals surface area contributed by atoms with Crippen LogP contribution in [0.1, 0.15) is 31.2 Å². The monoisotopic (exact) mass is 507 g/mol. The van der Waals surface area contributed by atoms with E-state index in [2.05, 4.69) is 20.2 Å². The second kappa shape index (κ2) is 8.23. The highest BCUT2D eigenvalue weighted by molar-refractivity contribution is 6.00. The molecule has 2 aliphatic carbocycles. The van der Waals surface area contributed by atoms with E-state index >= 15 is 0 Å². The van der Waals surface area contributed by atoms with Crippen LogP contribution in [0.3, 0.4) is 0 Å². The number of ether oxygens (including phenoxy) is 1. The highest BCUT2D eigenvalue weighted by atomic mass is 19.4. The number of aromatic nitrogens is 5. The van der Waals surface area contributed by atoms with Crippen molar-refractivity contribution in [1.29, 1.82) is 0 Å². The van der Waals surface area contributed by atoms with E-state index < -0.39 is 18.4 Å². The molecule has 3 aromatic heterocycles. The van der Waals surface area contributed by atoms with E-state index in [1.54, 1.807) is 34.9 Å². The molecule has 11 heteroatoms. The molecule has 0 atom stereocenters. The highest BCUT2D eigenvalue weighted by Gasteiger charge is 2.67. The number of rotatable bonds is 7. The first-order valence-corrected chi connectivity index (χ1v) is 12.0. The van der Waals surface area contributed by atoms with Crippen LogP contribution in [-0.4, -0.2) is 44.4 Å². The maximum absolute atomic E-state index is 13.0. The summed E-state index contributed by atoms with van der Waals surface area (Å²) in [5.41, 5.74) is 2.27. The lowest BCUT2D eigenvalue weighted by atomic mass is 9.71. The lowest BCUT2D eigenvalue weighted by molar-refractivity contribution is -0.115. The third-order valence-corrected chi connectivity index (χ3v) is 7.38. The Morgan fingerprint density at radius 3 is 2.57 bits per heavy atom. The van der Waals surface area contributed by atoms with E-state index in [1.807, 2.05) is 24.3 Å². The molecule has 4 aromatic rings. The number of hydrogen-bond donors (Lipinski definition) is 1. The van der Waals surface area contributed by atoms with Crippen molar-refractivity contribution in [1.82, 2.24) is 24.5 Å². The lowest BCUT2D eigenvalue weighted by Crippen LogP contribution is -2.45. The number of pyridine rings is 1. The number of nitrogens with one attached hydrogen (secondary N) is 1. The molecule has 1 N–H and O–H groups in total. The molecule has 6 rings (SSSR count). The van der Waals surface area contributed by atoms with Crippen LogP contribution in [0.2, 0.25) is 0 Å². The van der Waals surface area contributed by atoms with E-state index in [4.69, 9.17) is 16.4 Å². The largest absolute Gasteiger partial charge is 0.497 e. The average Bonchev–Trinajstić information content (AvgIpc) is 3.34. The maximum Gasteiger partial charge on any atom is 0.405 e. The van der Waals surface area contributed by atoms with Crippen LogP contribution < -0.4 is 10.1 Å². The Bertz CT molecular complexity index is 1500. The second-order valence-corrected chi connectivity index (χ2v) is 10.00. The predicted molar refractivity (Wildman–Crippen MR) is 131 cm³/mol. The Morgan fingerprint density at radius 2 is 1.92 bits per heavy atom. The van der Waals surface area contributed by atoms with Crippen molar-refractivity contribution in [3.63, 3.8) is 0 Å². The van der Waals surface area contributed by atoms with E-state index in [0.717, 1.165) is 37.0 Å². The molecule has 0 saturated heterocycles. The van der Waals surface area contributed by atoms with Gasteiger partial charge in [0.25, 0.3) is 0 Å².